The van der Waals surface area contributed by atoms with Crippen LogP contribution < -0.4 is 9.64 Å². The number of fused-ring (bicyclic) bond motifs is 1. The highest BCUT2D eigenvalue weighted by atomic mass is 16.6. The molecule has 0 unspecified atom stereocenters. The zero-order valence-corrected chi connectivity index (χ0v) is 24.2. The number of carbonyl (C=O) groups is 2. The maximum atomic E-state index is 14.5. The van der Waals surface area contributed by atoms with Crippen molar-refractivity contribution < 1.29 is 28.9 Å². The fourth-order valence-electron chi connectivity index (χ4n) is 8.90. The lowest BCUT2D eigenvalue weighted by Crippen LogP contribution is -2.69. The largest absolute Gasteiger partial charge is 0.497 e. The minimum atomic E-state index is -1.87. The molecule has 0 radical (unpaired) electrons. The Morgan fingerprint density at radius 2 is 1.63 bits per heavy atom. The summed E-state index contributed by atoms with van der Waals surface area (Å²) in [4.78, 5) is 32.4. The molecule has 3 heterocycles. The number of likely N-dealkylation sites (N-methyl/N-ethyl adjacent to an activating group) is 1. The average molecular weight is 577 g/mol. The fraction of sp³-hybridized carbons (Fsp3) is 0.314. The summed E-state index contributed by atoms with van der Waals surface area (Å²) < 4.78 is 18.0. The van der Waals surface area contributed by atoms with E-state index < -0.39 is 40.8 Å². The summed E-state index contributed by atoms with van der Waals surface area (Å²) in [6.07, 6.45) is -0.514. The summed E-state index contributed by atoms with van der Waals surface area (Å²) in [5, 5.41) is 14.9. The third kappa shape index (κ3) is 2.91. The van der Waals surface area contributed by atoms with Gasteiger partial charge in [-0.3, -0.25) is 14.5 Å². The molecule has 1 N–H and O–H groups in total. The van der Waals surface area contributed by atoms with Crippen LogP contribution in [0.5, 0.6) is 5.75 Å². The van der Waals surface area contributed by atoms with Gasteiger partial charge in [-0.2, -0.15) is 0 Å². The molecule has 1 amide bonds. The second-order valence-electron chi connectivity index (χ2n) is 12.0. The number of aliphatic hydroxyl groups is 1. The van der Waals surface area contributed by atoms with Crippen molar-refractivity contribution in [1.82, 2.24) is 4.90 Å². The number of hydrogen-bond donors (Lipinski definition) is 1. The van der Waals surface area contributed by atoms with E-state index in [1.54, 1.807) is 12.0 Å². The van der Waals surface area contributed by atoms with Gasteiger partial charge in [0.15, 0.2) is 0 Å². The van der Waals surface area contributed by atoms with Crippen molar-refractivity contribution in [2.75, 3.05) is 32.7 Å². The number of hydrogen-bond acceptors (Lipinski definition) is 7. The number of likely N-dealkylation sites (tertiary alicyclic amines) is 1. The second-order valence-corrected chi connectivity index (χ2v) is 12.0. The first-order chi connectivity index (χ1) is 20.8. The van der Waals surface area contributed by atoms with Gasteiger partial charge in [0.25, 0.3) is 0 Å². The molecular formula is C35H32N2O6. The Morgan fingerprint density at radius 3 is 2.30 bits per heavy atom. The zero-order chi connectivity index (χ0) is 29.7. The van der Waals surface area contributed by atoms with Crippen LogP contribution in [-0.4, -0.2) is 61.8 Å². The molecule has 8 nitrogen and oxygen atoms in total. The maximum Gasteiger partial charge on any atom is 0.317 e. The Labute approximate surface area is 249 Å². The molecule has 43 heavy (non-hydrogen) atoms. The van der Waals surface area contributed by atoms with E-state index in [2.05, 4.69) is 4.90 Å². The van der Waals surface area contributed by atoms with Crippen LogP contribution in [0, 0.1) is 5.41 Å². The average Bonchev–Trinajstić information content (AvgIpc) is 3.57. The molecule has 0 bridgehead atoms. The summed E-state index contributed by atoms with van der Waals surface area (Å²) in [5.74, 6) is -2.35. The molecule has 0 aromatic heterocycles. The van der Waals surface area contributed by atoms with E-state index in [-0.39, 0.29) is 5.91 Å². The van der Waals surface area contributed by atoms with Gasteiger partial charge in [0.05, 0.1) is 26.2 Å². The Kier molecular flexibility index (Phi) is 5.46. The number of rotatable bonds is 5. The number of β-lactam (4-membered cyclic amide) rings is 1. The number of methoxy groups -OCH3 is 2. The van der Waals surface area contributed by atoms with Gasteiger partial charge in [0, 0.05) is 17.8 Å². The van der Waals surface area contributed by atoms with Gasteiger partial charge in [-0.25, -0.2) is 0 Å². The lowest BCUT2D eigenvalue weighted by Gasteiger charge is -2.53. The van der Waals surface area contributed by atoms with Gasteiger partial charge in [0.1, 0.15) is 22.8 Å². The highest BCUT2D eigenvalue weighted by Gasteiger charge is 2.86. The van der Waals surface area contributed by atoms with Gasteiger partial charge in [0.2, 0.25) is 11.7 Å². The minimum absolute atomic E-state index is 0.100. The molecule has 8 rings (SSSR count). The molecule has 1 aliphatic carbocycles. The predicted octanol–water partition coefficient (Wildman–Crippen LogP) is 4.30. The van der Waals surface area contributed by atoms with Gasteiger partial charge in [-0.15, -0.1) is 0 Å². The highest BCUT2D eigenvalue weighted by molar-refractivity contribution is 6.07. The summed E-state index contributed by atoms with van der Waals surface area (Å²) in [5.41, 5.74) is 0.363. The van der Waals surface area contributed by atoms with E-state index in [1.165, 1.54) is 7.11 Å². The Morgan fingerprint density at radius 1 is 0.930 bits per heavy atom. The monoisotopic (exact) mass is 576 g/mol. The van der Waals surface area contributed by atoms with E-state index in [1.807, 2.05) is 98.0 Å². The van der Waals surface area contributed by atoms with Crippen LogP contribution in [-0.2, 0) is 30.4 Å². The van der Waals surface area contributed by atoms with Crippen LogP contribution in [0.15, 0.2) is 91.0 Å². The van der Waals surface area contributed by atoms with Crippen LogP contribution in [0.3, 0.4) is 0 Å². The SMILES string of the molecule is COC(=O)[C@@]12CCN(C)[C@@]13c1cccc4cccc(c14)[C@@]3(O)O[C@@H]2[C@@H]1[C@@H](c2ccccc2)C(=O)N1c1ccc(OC)cc1. The summed E-state index contributed by atoms with van der Waals surface area (Å²) >= 11 is 0. The summed E-state index contributed by atoms with van der Waals surface area (Å²) in [6, 6.07) is 28.1. The molecule has 6 atom stereocenters. The van der Waals surface area contributed by atoms with E-state index in [9.17, 15) is 14.7 Å². The number of esters is 1. The Bertz CT molecular complexity index is 1790. The van der Waals surface area contributed by atoms with E-state index in [0.717, 1.165) is 21.9 Å². The number of amides is 1. The number of anilines is 1. The first-order valence-corrected chi connectivity index (χ1v) is 14.6. The van der Waals surface area contributed by atoms with Crippen LogP contribution in [0.1, 0.15) is 29.0 Å². The molecule has 4 aromatic rings. The highest BCUT2D eigenvalue weighted by Crippen LogP contribution is 2.74. The number of carbonyl (C=O) groups excluding carboxylic acids is 2. The van der Waals surface area contributed by atoms with Gasteiger partial charge in [-0.1, -0.05) is 66.7 Å². The first-order valence-electron chi connectivity index (χ1n) is 14.6. The third-order valence-corrected chi connectivity index (χ3v) is 10.5. The normalized spacial score (nSPS) is 32.4. The molecular weight excluding hydrogens is 544 g/mol. The number of ether oxygens (including phenoxy) is 3. The Balaban J connectivity index is 1.39. The van der Waals surface area contributed by atoms with Crippen molar-refractivity contribution in [2.24, 2.45) is 5.41 Å². The molecule has 4 aliphatic rings. The molecule has 0 saturated carbocycles. The number of benzene rings is 4. The van der Waals surface area contributed by atoms with Crippen LogP contribution in [0.25, 0.3) is 10.8 Å². The quantitative estimate of drug-likeness (QED) is 0.280. The molecule has 3 aliphatic heterocycles. The predicted molar refractivity (Wildman–Crippen MR) is 160 cm³/mol. The molecule has 1 spiro atoms. The summed E-state index contributed by atoms with van der Waals surface area (Å²) in [7, 11) is 4.93. The molecule has 3 saturated heterocycles. The standard InChI is InChI=1S/C35H32N2O6/c1-36-20-19-33(32(39)42-3)30(43-35(40)26-14-8-12-21-11-7-13-25(27(21)26)34(33,35)36)29-28(22-9-5-4-6-10-22)31(38)37(29)23-15-17-24(41-2)18-16-23/h4-18,28-30,40H,19-20H2,1-3H3/t28-,29+,30-,33+,34+,35-/m1/s1. The lowest BCUT2D eigenvalue weighted by atomic mass is 9.59. The maximum absolute atomic E-state index is 14.5. The minimum Gasteiger partial charge on any atom is -0.497 e. The van der Waals surface area contributed by atoms with Crippen molar-refractivity contribution in [3.63, 3.8) is 0 Å². The molecule has 8 heteroatoms. The third-order valence-electron chi connectivity index (χ3n) is 10.5. The summed E-state index contributed by atoms with van der Waals surface area (Å²) in [6.45, 7) is 0.529. The van der Waals surface area contributed by atoms with Crippen molar-refractivity contribution in [2.45, 2.75) is 35.8 Å². The van der Waals surface area contributed by atoms with Crippen molar-refractivity contribution in [1.29, 1.82) is 0 Å². The number of nitrogens with zero attached hydrogens (tertiary/aromatic N) is 2. The van der Waals surface area contributed by atoms with E-state index in [0.29, 0.717) is 30.0 Å². The van der Waals surface area contributed by atoms with Crippen molar-refractivity contribution in [3.8, 4) is 5.75 Å². The lowest BCUT2D eigenvalue weighted by molar-refractivity contribution is -0.253. The molecule has 4 aromatic carbocycles. The van der Waals surface area contributed by atoms with Gasteiger partial charge < -0.3 is 24.2 Å². The molecule has 3 fully saturated rings. The van der Waals surface area contributed by atoms with Gasteiger partial charge >= 0.3 is 5.97 Å². The zero-order valence-electron chi connectivity index (χ0n) is 24.2. The second kappa shape index (κ2) is 8.89. The van der Waals surface area contributed by atoms with Crippen molar-refractivity contribution in [3.05, 3.63) is 108 Å². The smallest absolute Gasteiger partial charge is 0.317 e. The van der Waals surface area contributed by atoms with Gasteiger partial charge in [-0.05, 0) is 59.6 Å². The van der Waals surface area contributed by atoms with Crippen LogP contribution >= 0.6 is 0 Å². The van der Waals surface area contributed by atoms with E-state index in [4.69, 9.17) is 14.2 Å². The van der Waals surface area contributed by atoms with Crippen molar-refractivity contribution >= 4 is 28.3 Å². The first kappa shape index (κ1) is 26.4. The van der Waals surface area contributed by atoms with Crippen LogP contribution in [0.2, 0.25) is 0 Å². The fourth-order valence-corrected chi connectivity index (χ4v) is 8.90. The Hall–Kier alpha value is -4.24. The van der Waals surface area contributed by atoms with Crippen LogP contribution in [0.4, 0.5) is 5.69 Å². The topological polar surface area (TPSA) is 88.5 Å². The van der Waals surface area contributed by atoms with E-state index >= 15 is 0 Å². The molecule has 218 valence electrons.